The van der Waals surface area contributed by atoms with Gasteiger partial charge in [-0.3, -0.25) is 4.90 Å². The van der Waals surface area contributed by atoms with E-state index in [1.807, 2.05) is 41.8 Å². The van der Waals surface area contributed by atoms with Crippen molar-refractivity contribution in [3.8, 4) is 12.1 Å². The van der Waals surface area contributed by atoms with Gasteiger partial charge >= 0.3 is 0 Å². The minimum Gasteiger partial charge on any atom is -0.384 e. The van der Waals surface area contributed by atoms with Crippen molar-refractivity contribution in [2.24, 2.45) is 5.73 Å². The Morgan fingerprint density at radius 2 is 1.87 bits per heavy atom. The van der Waals surface area contributed by atoms with Crippen LogP contribution in [0.25, 0.3) is 0 Å². The van der Waals surface area contributed by atoms with Crippen LogP contribution in [0, 0.1) is 22.7 Å². The van der Waals surface area contributed by atoms with Crippen LogP contribution in [-0.4, -0.2) is 0 Å². The third-order valence-electron chi connectivity index (χ3n) is 4.04. The first-order valence-corrected chi connectivity index (χ1v) is 7.87. The van der Waals surface area contributed by atoms with Crippen molar-refractivity contribution in [2.45, 2.75) is 5.92 Å². The van der Waals surface area contributed by atoms with Gasteiger partial charge in [0.25, 0.3) is 0 Å². The molecule has 1 unspecified atom stereocenters. The van der Waals surface area contributed by atoms with Crippen molar-refractivity contribution in [3.05, 3.63) is 69.4 Å². The molecule has 0 spiro atoms. The lowest BCUT2D eigenvalue weighted by Gasteiger charge is -2.30. The summed E-state index contributed by atoms with van der Waals surface area (Å²) < 4.78 is 0. The molecular weight excluding hydrogens is 306 g/mol. The van der Waals surface area contributed by atoms with Gasteiger partial charge in [-0.15, -0.1) is 11.3 Å². The van der Waals surface area contributed by atoms with Gasteiger partial charge in [-0.05, 0) is 23.6 Å². The summed E-state index contributed by atoms with van der Waals surface area (Å²) in [5, 5.41) is 24.6. The highest BCUT2D eigenvalue weighted by Crippen LogP contribution is 2.48. The molecule has 2 aliphatic heterocycles. The Balaban J connectivity index is 1.99. The number of nitrogens with one attached hydrogen (secondary N) is 1. The van der Waals surface area contributed by atoms with E-state index >= 15 is 0 Å². The summed E-state index contributed by atoms with van der Waals surface area (Å²) in [6, 6.07) is 16.0. The van der Waals surface area contributed by atoms with E-state index in [9.17, 15) is 10.5 Å². The molecule has 110 valence electrons. The number of fused-ring (bicyclic) bond motifs is 3. The fourth-order valence-corrected chi connectivity index (χ4v) is 3.89. The molecule has 23 heavy (non-hydrogen) atoms. The van der Waals surface area contributed by atoms with Crippen molar-refractivity contribution in [3.63, 3.8) is 0 Å². The molecule has 5 nitrogen and oxygen atoms in total. The molecule has 0 saturated heterocycles. The molecule has 1 aromatic heterocycles. The third kappa shape index (κ3) is 1.76. The number of hydrogen-bond donors (Lipinski definition) is 2. The van der Waals surface area contributed by atoms with Crippen molar-refractivity contribution >= 4 is 22.7 Å². The molecule has 4 rings (SSSR count). The normalized spacial score (nSPS) is 18.9. The molecule has 0 fully saturated rings. The smallest absolute Gasteiger partial charge is 0.131 e. The molecule has 0 radical (unpaired) electrons. The standard InChI is InChI=1S/C17H11N5S/c18-8-10-15(14-6-3-7-23-14)11(9-19)17-21-12-4-1-2-5-13(12)22(17)16(10)20/h1-7,15,21H,20H2. The van der Waals surface area contributed by atoms with Gasteiger partial charge in [-0.2, -0.15) is 10.5 Å². The fraction of sp³-hybridized carbons (Fsp3) is 0.0588. The van der Waals surface area contributed by atoms with Crippen LogP contribution in [-0.2, 0) is 0 Å². The summed E-state index contributed by atoms with van der Waals surface area (Å²) in [5.74, 6) is 0.596. The number of rotatable bonds is 1. The zero-order valence-corrected chi connectivity index (χ0v) is 12.8. The summed E-state index contributed by atoms with van der Waals surface area (Å²) in [6.45, 7) is 0. The van der Waals surface area contributed by atoms with E-state index in [-0.39, 0.29) is 0 Å². The first-order valence-electron chi connectivity index (χ1n) is 7.00. The molecule has 1 aromatic carbocycles. The Morgan fingerprint density at radius 1 is 1.09 bits per heavy atom. The van der Waals surface area contributed by atoms with Crippen molar-refractivity contribution in [2.75, 3.05) is 10.2 Å². The minimum atomic E-state index is -0.418. The summed E-state index contributed by atoms with van der Waals surface area (Å²) in [5.41, 5.74) is 8.95. The van der Waals surface area contributed by atoms with Crippen LogP contribution < -0.4 is 16.0 Å². The van der Waals surface area contributed by atoms with Crippen molar-refractivity contribution in [1.29, 1.82) is 10.5 Å². The third-order valence-corrected chi connectivity index (χ3v) is 4.98. The van der Waals surface area contributed by atoms with E-state index < -0.39 is 5.92 Å². The monoisotopic (exact) mass is 317 g/mol. The zero-order chi connectivity index (χ0) is 16.0. The SMILES string of the molecule is N#CC1=C(N)N2C(=C(C#N)C1c1cccs1)Nc1ccccc12. The van der Waals surface area contributed by atoms with Crippen molar-refractivity contribution < 1.29 is 0 Å². The second kappa shape index (κ2) is 4.91. The topological polar surface area (TPSA) is 88.9 Å². The number of hydrogen-bond acceptors (Lipinski definition) is 6. The molecule has 1 atom stereocenters. The summed E-state index contributed by atoms with van der Waals surface area (Å²) in [7, 11) is 0. The van der Waals surface area contributed by atoms with E-state index in [0.717, 1.165) is 16.3 Å². The summed E-state index contributed by atoms with van der Waals surface area (Å²) in [4.78, 5) is 2.70. The minimum absolute atomic E-state index is 0.373. The number of anilines is 2. The number of nitrogens with two attached hydrogens (primary N) is 1. The molecule has 6 heteroatoms. The molecule has 2 aliphatic rings. The van der Waals surface area contributed by atoms with Gasteiger partial charge in [-0.1, -0.05) is 18.2 Å². The van der Waals surface area contributed by atoms with Gasteiger partial charge in [0.1, 0.15) is 11.6 Å². The van der Waals surface area contributed by atoms with E-state index in [1.54, 1.807) is 4.90 Å². The first kappa shape index (κ1) is 13.4. The summed E-state index contributed by atoms with van der Waals surface area (Å²) in [6.07, 6.45) is 0. The second-order valence-electron chi connectivity index (χ2n) is 5.21. The number of allylic oxidation sites excluding steroid dienone is 2. The van der Waals surface area contributed by atoms with Crippen LogP contribution in [0.4, 0.5) is 11.4 Å². The Kier molecular flexibility index (Phi) is 2.87. The predicted octanol–water partition coefficient (Wildman–Crippen LogP) is 3.21. The molecule has 0 amide bonds. The highest BCUT2D eigenvalue weighted by Gasteiger charge is 2.40. The molecule has 2 aromatic rings. The maximum atomic E-state index is 9.74. The average Bonchev–Trinajstić information content (AvgIpc) is 3.22. The van der Waals surface area contributed by atoms with Crippen LogP contribution in [0.3, 0.4) is 0 Å². The molecule has 3 heterocycles. The molecule has 0 saturated carbocycles. The Bertz CT molecular complexity index is 940. The Hall–Kier alpha value is -3.22. The lowest BCUT2D eigenvalue weighted by atomic mass is 9.87. The lowest BCUT2D eigenvalue weighted by molar-refractivity contribution is 0.881. The van der Waals surface area contributed by atoms with Gasteiger partial charge < -0.3 is 11.1 Å². The first-order chi connectivity index (χ1) is 11.3. The van der Waals surface area contributed by atoms with Gasteiger partial charge in [0.15, 0.2) is 0 Å². The number of nitriles is 2. The van der Waals surface area contributed by atoms with Gasteiger partial charge in [0, 0.05) is 4.88 Å². The lowest BCUT2D eigenvalue weighted by Crippen LogP contribution is -2.34. The van der Waals surface area contributed by atoms with Gasteiger partial charge in [0.2, 0.25) is 0 Å². The van der Waals surface area contributed by atoms with Crippen molar-refractivity contribution in [1.82, 2.24) is 0 Å². The molecular formula is C17H11N5S. The van der Waals surface area contributed by atoms with Gasteiger partial charge in [-0.25, -0.2) is 0 Å². The predicted molar refractivity (Wildman–Crippen MR) is 89.1 cm³/mol. The van der Waals surface area contributed by atoms with E-state index in [4.69, 9.17) is 5.73 Å². The Morgan fingerprint density at radius 3 is 2.57 bits per heavy atom. The quantitative estimate of drug-likeness (QED) is 0.843. The van der Waals surface area contributed by atoms with Crippen LogP contribution in [0.15, 0.2) is 64.6 Å². The van der Waals surface area contributed by atoms with E-state index in [1.165, 1.54) is 11.3 Å². The van der Waals surface area contributed by atoms with E-state index in [2.05, 4.69) is 17.5 Å². The highest BCUT2D eigenvalue weighted by atomic mass is 32.1. The van der Waals surface area contributed by atoms with Crippen LogP contribution >= 0.6 is 11.3 Å². The number of benzene rings is 1. The molecule has 0 aliphatic carbocycles. The van der Waals surface area contributed by atoms with Crippen LogP contribution in [0.1, 0.15) is 10.8 Å². The van der Waals surface area contributed by atoms with Crippen LogP contribution in [0.2, 0.25) is 0 Å². The second-order valence-corrected chi connectivity index (χ2v) is 6.19. The average molecular weight is 317 g/mol. The van der Waals surface area contributed by atoms with E-state index in [0.29, 0.717) is 22.8 Å². The number of para-hydroxylation sites is 2. The van der Waals surface area contributed by atoms with Crippen LogP contribution in [0.5, 0.6) is 0 Å². The summed E-state index contributed by atoms with van der Waals surface area (Å²) >= 11 is 1.52. The number of nitrogens with zero attached hydrogens (tertiary/aromatic N) is 3. The zero-order valence-electron chi connectivity index (χ0n) is 11.9. The Labute approximate surface area is 137 Å². The largest absolute Gasteiger partial charge is 0.384 e. The maximum Gasteiger partial charge on any atom is 0.131 e. The van der Waals surface area contributed by atoms with Gasteiger partial charge in [0.05, 0.1) is 40.6 Å². The maximum absolute atomic E-state index is 9.74. The highest BCUT2D eigenvalue weighted by molar-refractivity contribution is 7.10. The molecule has 3 N–H and O–H groups in total. The fourth-order valence-electron chi connectivity index (χ4n) is 3.05. The molecule has 0 bridgehead atoms. The number of thiophene rings is 1.